The molecule has 20 heavy (non-hydrogen) atoms. The molecule has 0 aliphatic rings. The van der Waals surface area contributed by atoms with Gasteiger partial charge in [0.05, 0.1) is 11.1 Å². The minimum Gasteiger partial charge on any atom is -0.309 e. The Morgan fingerprint density at radius 1 is 1.05 bits per heavy atom. The standard InChI is InChI=1S/C17H16ClNS/c1-11-7-8-14(13-6-4-3-5-12(11)13)16(19-2)17-15(18)9-10-20-17/h3-10,16,19H,1-2H3. The summed E-state index contributed by atoms with van der Waals surface area (Å²) in [5.41, 5.74) is 2.58. The van der Waals surface area contributed by atoms with E-state index in [4.69, 9.17) is 11.6 Å². The fraction of sp³-hybridized carbons (Fsp3) is 0.176. The lowest BCUT2D eigenvalue weighted by Crippen LogP contribution is -2.17. The molecule has 0 saturated heterocycles. The van der Waals surface area contributed by atoms with Crippen molar-refractivity contribution in [2.24, 2.45) is 0 Å². The van der Waals surface area contributed by atoms with Crippen LogP contribution in [0.4, 0.5) is 0 Å². The zero-order valence-electron chi connectivity index (χ0n) is 11.5. The van der Waals surface area contributed by atoms with Crippen LogP contribution >= 0.6 is 22.9 Å². The molecule has 0 aliphatic carbocycles. The Kier molecular flexibility index (Phi) is 3.79. The summed E-state index contributed by atoms with van der Waals surface area (Å²) in [6.45, 7) is 2.15. The van der Waals surface area contributed by atoms with Gasteiger partial charge < -0.3 is 5.32 Å². The Hall–Kier alpha value is -1.35. The number of hydrogen-bond donors (Lipinski definition) is 1. The second-order valence-electron chi connectivity index (χ2n) is 4.87. The van der Waals surface area contributed by atoms with E-state index in [0.717, 1.165) is 5.02 Å². The first-order valence-corrected chi connectivity index (χ1v) is 7.86. The molecule has 2 aromatic carbocycles. The lowest BCUT2D eigenvalue weighted by molar-refractivity contribution is 0.709. The number of benzene rings is 2. The minimum atomic E-state index is 0.132. The van der Waals surface area contributed by atoms with Crippen molar-refractivity contribution in [3.8, 4) is 0 Å². The molecular formula is C17H16ClNS. The highest BCUT2D eigenvalue weighted by atomic mass is 35.5. The lowest BCUT2D eigenvalue weighted by atomic mass is 9.95. The first-order chi connectivity index (χ1) is 9.72. The molecule has 3 heteroatoms. The summed E-state index contributed by atoms with van der Waals surface area (Å²) in [5.74, 6) is 0. The number of thiophene rings is 1. The van der Waals surface area contributed by atoms with E-state index < -0.39 is 0 Å². The van der Waals surface area contributed by atoms with Crippen LogP contribution in [0.15, 0.2) is 47.8 Å². The number of hydrogen-bond acceptors (Lipinski definition) is 2. The molecule has 1 aromatic heterocycles. The first-order valence-electron chi connectivity index (χ1n) is 6.60. The molecule has 1 nitrogen and oxygen atoms in total. The topological polar surface area (TPSA) is 12.0 Å². The van der Waals surface area contributed by atoms with E-state index in [1.807, 2.05) is 18.5 Å². The highest BCUT2D eigenvalue weighted by Gasteiger charge is 2.19. The zero-order valence-corrected chi connectivity index (χ0v) is 13.1. The largest absolute Gasteiger partial charge is 0.309 e. The Balaban J connectivity index is 2.23. The lowest BCUT2D eigenvalue weighted by Gasteiger charge is -2.19. The minimum absolute atomic E-state index is 0.132. The predicted octanol–water partition coefficient (Wildman–Crippen LogP) is 5.17. The van der Waals surface area contributed by atoms with Gasteiger partial charge in [0.15, 0.2) is 0 Å². The molecule has 0 fully saturated rings. The van der Waals surface area contributed by atoms with Gasteiger partial charge in [-0.05, 0) is 47.3 Å². The molecule has 0 bridgehead atoms. The van der Waals surface area contributed by atoms with E-state index in [1.165, 1.54) is 26.8 Å². The van der Waals surface area contributed by atoms with Gasteiger partial charge in [0, 0.05) is 4.88 Å². The van der Waals surface area contributed by atoms with Crippen molar-refractivity contribution < 1.29 is 0 Å². The summed E-state index contributed by atoms with van der Waals surface area (Å²) in [6.07, 6.45) is 0. The molecule has 3 aromatic rings. The van der Waals surface area contributed by atoms with Crippen molar-refractivity contribution in [2.45, 2.75) is 13.0 Å². The molecule has 1 heterocycles. The number of nitrogens with one attached hydrogen (secondary N) is 1. The van der Waals surface area contributed by atoms with Crippen molar-refractivity contribution >= 4 is 33.7 Å². The van der Waals surface area contributed by atoms with E-state index >= 15 is 0 Å². The highest BCUT2D eigenvalue weighted by Crippen LogP contribution is 2.36. The van der Waals surface area contributed by atoms with Crippen LogP contribution in [-0.2, 0) is 0 Å². The number of rotatable bonds is 3. The van der Waals surface area contributed by atoms with Crippen LogP contribution in [0.1, 0.15) is 22.0 Å². The molecule has 0 aliphatic heterocycles. The van der Waals surface area contributed by atoms with Gasteiger partial charge in [-0.1, -0.05) is 48.0 Å². The third-order valence-corrected chi connectivity index (χ3v) is 5.11. The number of aryl methyl sites for hydroxylation is 1. The van der Waals surface area contributed by atoms with Crippen LogP contribution in [0.5, 0.6) is 0 Å². The van der Waals surface area contributed by atoms with Gasteiger partial charge in [-0.2, -0.15) is 0 Å². The highest BCUT2D eigenvalue weighted by molar-refractivity contribution is 7.10. The molecule has 1 N–H and O–H groups in total. The molecule has 0 saturated carbocycles. The molecule has 1 atom stereocenters. The summed E-state index contributed by atoms with van der Waals surface area (Å²) < 4.78 is 0. The van der Waals surface area contributed by atoms with Gasteiger partial charge in [-0.3, -0.25) is 0 Å². The van der Waals surface area contributed by atoms with Crippen molar-refractivity contribution in [3.05, 3.63) is 68.9 Å². The van der Waals surface area contributed by atoms with Gasteiger partial charge in [0.1, 0.15) is 0 Å². The van der Waals surface area contributed by atoms with Crippen LogP contribution in [0, 0.1) is 6.92 Å². The quantitative estimate of drug-likeness (QED) is 0.703. The summed E-state index contributed by atoms with van der Waals surface area (Å²) in [7, 11) is 1.98. The third-order valence-electron chi connectivity index (χ3n) is 3.68. The molecule has 0 spiro atoms. The van der Waals surface area contributed by atoms with Gasteiger partial charge in [0.25, 0.3) is 0 Å². The monoisotopic (exact) mass is 301 g/mol. The maximum atomic E-state index is 6.32. The van der Waals surface area contributed by atoms with Crippen LogP contribution in [0.3, 0.4) is 0 Å². The number of halogens is 1. The zero-order chi connectivity index (χ0) is 14.1. The fourth-order valence-electron chi connectivity index (χ4n) is 2.66. The number of fused-ring (bicyclic) bond motifs is 1. The predicted molar refractivity (Wildman–Crippen MR) is 88.9 cm³/mol. The summed E-state index contributed by atoms with van der Waals surface area (Å²) in [6, 6.07) is 15.0. The van der Waals surface area contributed by atoms with Crippen molar-refractivity contribution in [3.63, 3.8) is 0 Å². The van der Waals surface area contributed by atoms with E-state index in [-0.39, 0.29) is 6.04 Å². The summed E-state index contributed by atoms with van der Waals surface area (Å²) >= 11 is 8.01. The third kappa shape index (κ3) is 2.24. The Labute approximate surface area is 128 Å². The van der Waals surface area contributed by atoms with Crippen LogP contribution in [-0.4, -0.2) is 7.05 Å². The van der Waals surface area contributed by atoms with Crippen LogP contribution < -0.4 is 5.32 Å². The second kappa shape index (κ2) is 5.57. The van der Waals surface area contributed by atoms with E-state index in [1.54, 1.807) is 11.3 Å². The van der Waals surface area contributed by atoms with Gasteiger partial charge in [-0.25, -0.2) is 0 Å². The van der Waals surface area contributed by atoms with Gasteiger partial charge in [-0.15, -0.1) is 11.3 Å². The molecule has 0 amide bonds. The molecule has 1 unspecified atom stereocenters. The molecule has 3 rings (SSSR count). The maximum Gasteiger partial charge on any atom is 0.0689 e. The molecular weight excluding hydrogens is 286 g/mol. The van der Waals surface area contributed by atoms with E-state index in [0.29, 0.717) is 0 Å². The van der Waals surface area contributed by atoms with Gasteiger partial charge >= 0.3 is 0 Å². The normalized spacial score (nSPS) is 12.8. The first kappa shape index (κ1) is 13.6. The Morgan fingerprint density at radius 2 is 1.80 bits per heavy atom. The van der Waals surface area contributed by atoms with Crippen LogP contribution in [0.25, 0.3) is 10.8 Å². The Bertz CT molecular complexity index is 748. The van der Waals surface area contributed by atoms with E-state index in [2.05, 4.69) is 48.6 Å². The smallest absolute Gasteiger partial charge is 0.0689 e. The summed E-state index contributed by atoms with van der Waals surface area (Å²) in [4.78, 5) is 1.17. The second-order valence-corrected chi connectivity index (χ2v) is 6.23. The molecule has 102 valence electrons. The average Bonchev–Trinajstić information content (AvgIpc) is 2.89. The molecule has 0 radical (unpaired) electrons. The van der Waals surface area contributed by atoms with Crippen LogP contribution in [0.2, 0.25) is 5.02 Å². The Morgan fingerprint density at radius 3 is 2.45 bits per heavy atom. The average molecular weight is 302 g/mol. The fourth-order valence-corrected chi connectivity index (χ4v) is 3.96. The van der Waals surface area contributed by atoms with Gasteiger partial charge in [0.2, 0.25) is 0 Å². The van der Waals surface area contributed by atoms with Crippen molar-refractivity contribution in [2.75, 3.05) is 7.05 Å². The SMILES string of the molecule is CNC(c1sccc1Cl)c1ccc(C)c2ccccc12. The summed E-state index contributed by atoms with van der Waals surface area (Å²) in [5, 5.41) is 8.86. The van der Waals surface area contributed by atoms with E-state index in [9.17, 15) is 0 Å². The maximum absolute atomic E-state index is 6.32. The van der Waals surface area contributed by atoms with Crippen molar-refractivity contribution in [1.29, 1.82) is 0 Å². The van der Waals surface area contributed by atoms with Crippen molar-refractivity contribution in [1.82, 2.24) is 5.32 Å².